The maximum Gasteiger partial charge on any atom is 0.387 e. The number of hydrogen-bond acceptors (Lipinski definition) is 5. The molecule has 3 atom stereocenters. The van der Waals surface area contributed by atoms with E-state index < -0.39 is 29.8 Å². The molecule has 1 aliphatic heterocycles. The highest BCUT2D eigenvalue weighted by molar-refractivity contribution is 6.07. The van der Waals surface area contributed by atoms with Crippen molar-refractivity contribution in [2.45, 2.75) is 37.8 Å². The predicted molar refractivity (Wildman–Crippen MR) is 116 cm³/mol. The number of nitrogens with zero attached hydrogens (tertiary/aromatic N) is 2. The summed E-state index contributed by atoms with van der Waals surface area (Å²) in [7, 11) is 3.04. The van der Waals surface area contributed by atoms with Gasteiger partial charge in [-0.15, -0.1) is 0 Å². The molecule has 9 heteroatoms. The Labute approximate surface area is 190 Å². The summed E-state index contributed by atoms with van der Waals surface area (Å²) in [5.74, 6) is 4.12. The summed E-state index contributed by atoms with van der Waals surface area (Å²) < 4.78 is 50.1. The van der Waals surface area contributed by atoms with Gasteiger partial charge >= 0.3 is 6.61 Å². The smallest absolute Gasteiger partial charge is 0.387 e. The Morgan fingerprint density at radius 3 is 2.73 bits per heavy atom. The van der Waals surface area contributed by atoms with Crippen molar-refractivity contribution >= 4 is 11.9 Å². The minimum Gasteiger partial charge on any atom is -0.435 e. The summed E-state index contributed by atoms with van der Waals surface area (Å²) in [5, 5.41) is 0. The average Bonchev–Trinajstić information content (AvgIpc) is 3.60. The van der Waals surface area contributed by atoms with Crippen molar-refractivity contribution in [2.75, 3.05) is 20.8 Å². The second kappa shape index (κ2) is 9.10. The van der Waals surface area contributed by atoms with Crippen LogP contribution < -0.4 is 5.73 Å². The fourth-order valence-electron chi connectivity index (χ4n) is 4.73. The van der Waals surface area contributed by atoms with E-state index in [1.54, 1.807) is 19.2 Å². The number of methoxy groups -OCH3 is 1. The second-order valence-corrected chi connectivity index (χ2v) is 8.58. The molecule has 0 aromatic heterocycles. The minimum atomic E-state index is -2.93. The molecule has 0 aromatic rings. The average molecular weight is 461 g/mol. The Morgan fingerprint density at radius 2 is 2.12 bits per heavy atom. The second-order valence-electron chi connectivity index (χ2n) is 8.58. The number of likely N-dealkylation sites (N-methyl/N-ethyl adjacent to an activating group) is 1. The molecule has 33 heavy (non-hydrogen) atoms. The lowest BCUT2D eigenvalue weighted by Gasteiger charge is -2.39. The van der Waals surface area contributed by atoms with Crippen molar-refractivity contribution in [2.24, 2.45) is 28.5 Å². The highest BCUT2D eigenvalue weighted by Crippen LogP contribution is 2.50. The van der Waals surface area contributed by atoms with E-state index in [0.29, 0.717) is 5.57 Å². The lowest BCUT2D eigenvalue weighted by molar-refractivity contribution is -0.133. The summed E-state index contributed by atoms with van der Waals surface area (Å²) in [6.07, 6.45) is 8.52. The molecule has 1 heterocycles. The maximum absolute atomic E-state index is 14.5. The number of rotatable bonds is 6. The van der Waals surface area contributed by atoms with Crippen molar-refractivity contribution in [3.63, 3.8) is 0 Å². The molecule has 176 valence electrons. The van der Waals surface area contributed by atoms with Gasteiger partial charge in [-0.3, -0.25) is 9.69 Å². The molecule has 0 radical (unpaired) electrons. The fourth-order valence-corrected chi connectivity index (χ4v) is 4.73. The van der Waals surface area contributed by atoms with Gasteiger partial charge in [-0.25, -0.2) is 9.38 Å². The van der Waals surface area contributed by atoms with Crippen LogP contribution >= 0.6 is 0 Å². The third-order valence-electron chi connectivity index (χ3n) is 6.52. The van der Waals surface area contributed by atoms with Gasteiger partial charge in [-0.05, 0) is 49.3 Å². The molecule has 3 aliphatic carbocycles. The maximum atomic E-state index is 14.5. The van der Waals surface area contributed by atoms with E-state index in [0.717, 1.165) is 12.8 Å². The number of ether oxygens (including phenoxy) is 2. The van der Waals surface area contributed by atoms with Gasteiger partial charge in [0.25, 0.3) is 5.91 Å². The molecule has 2 N–H and O–H groups in total. The van der Waals surface area contributed by atoms with Crippen LogP contribution in [0.5, 0.6) is 0 Å². The van der Waals surface area contributed by atoms with Crippen molar-refractivity contribution in [1.82, 2.24) is 4.90 Å². The summed E-state index contributed by atoms with van der Waals surface area (Å²) in [6, 6.07) is 0. The summed E-state index contributed by atoms with van der Waals surface area (Å²) in [6.45, 7) is -2.78. The van der Waals surface area contributed by atoms with Crippen LogP contribution in [0.25, 0.3) is 0 Å². The number of aliphatic imine (C=N–C) groups is 1. The number of amides is 1. The van der Waals surface area contributed by atoms with Gasteiger partial charge in [0.1, 0.15) is 18.2 Å². The molecule has 1 fully saturated rings. The zero-order valence-corrected chi connectivity index (χ0v) is 18.5. The van der Waals surface area contributed by atoms with E-state index in [1.807, 2.05) is 6.08 Å². The van der Waals surface area contributed by atoms with Crippen LogP contribution in [0.1, 0.15) is 25.7 Å². The minimum absolute atomic E-state index is 0.0652. The molecule has 4 rings (SSSR count). The first-order valence-electron chi connectivity index (χ1n) is 10.8. The van der Waals surface area contributed by atoms with E-state index in [2.05, 4.69) is 16.8 Å². The molecule has 6 nitrogen and oxygen atoms in total. The Balaban J connectivity index is 1.72. The molecular formula is C24H26F3N3O3. The number of alkyl halides is 2. The van der Waals surface area contributed by atoms with Gasteiger partial charge in [0.15, 0.2) is 11.5 Å². The molecule has 0 saturated heterocycles. The van der Waals surface area contributed by atoms with Gasteiger partial charge in [-0.1, -0.05) is 24.0 Å². The van der Waals surface area contributed by atoms with Crippen LogP contribution in [0.2, 0.25) is 0 Å². The normalized spacial score (nSPS) is 29.6. The molecule has 1 amide bonds. The standard InChI is InChI=1S/C24H26F3N3O3/c1-30-21(31)24(29-23(30)28,16-7-9-19(25)15(12-16)4-3-11-32-2)17-8-10-20(33-22(26)27)18(13-17)14-5-6-14/h7,9-10,13-14,16-17,22H,5-6,8,11-12H2,1-2H3,(H2,28,29)/t16?,17?,24-/m0/s1. The molecule has 0 aromatic carbocycles. The Kier molecular flexibility index (Phi) is 6.39. The van der Waals surface area contributed by atoms with Crippen molar-refractivity contribution in [3.8, 4) is 11.8 Å². The van der Waals surface area contributed by atoms with Crippen molar-refractivity contribution < 1.29 is 27.4 Å². The van der Waals surface area contributed by atoms with E-state index in [-0.39, 0.29) is 48.6 Å². The zero-order chi connectivity index (χ0) is 23.8. The summed E-state index contributed by atoms with van der Waals surface area (Å²) in [4.78, 5) is 19.5. The first kappa shape index (κ1) is 23.2. The zero-order valence-electron chi connectivity index (χ0n) is 18.5. The third kappa shape index (κ3) is 4.32. The Bertz CT molecular complexity index is 1050. The van der Waals surface area contributed by atoms with Crippen LogP contribution in [0.4, 0.5) is 13.2 Å². The topological polar surface area (TPSA) is 77.2 Å². The van der Waals surface area contributed by atoms with Gasteiger partial charge in [0.2, 0.25) is 0 Å². The summed E-state index contributed by atoms with van der Waals surface area (Å²) in [5.41, 5.74) is 5.65. The number of halogens is 3. The number of allylic oxidation sites excluding steroid dienone is 5. The Hall–Kier alpha value is -2.99. The van der Waals surface area contributed by atoms with Gasteiger partial charge in [-0.2, -0.15) is 8.78 Å². The van der Waals surface area contributed by atoms with Gasteiger partial charge < -0.3 is 15.2 Å². The van der Waals surface area contributed by atoms with Crippen LogP contribution in [-0.4, -0.2) is 49.7 Å². The first-order valence-corrected chi connectivity index (χ1v) is 10.8. The third-order valence-corrected chi connectivity index (χ3v) is 6.52. The fraction of sp³-hybridized carbons (Fsp3) is 0.500. The molecule has 4 aliphatic rings. The first-order chi connectivity index (χ1) is 15.8. The largest absolute Gasteiger partial charge is 0.435 e. The number of carbonyl (C=O) groups excluding carboxylic acids is 1. The van der Waals surface area contributed by atoms with Crippen LogP contribution in [0.15, 0.2) is 52.0 Å². The molecule has 2 unspecified atom stereocenters. The quantitative estimate of drug-likeness (QED) is 0.615. The molecule has 0 spiro atoms. The predicted octanol–water partition coefficient (Wildman–Crippen LogP) is 3.44. The number of nitrogens with two attached hydrogens (primary N) is 1. The van der Waals surface area contributed by atoms with Gasteiger partial charge in [0, 0.05) is 31.6 Å². The lowest BCUT2D eigenvalue weighted by atomic mass is 9.67. The number of hydrogen-bond donors (Lipinski definition) is 1. The number of carbonyl (C=O) groups is 1. The SMILES string of the molecule is COCC#CC1=C(F)C=CC([C@@]2(C3C=C(C4CC4)C(OC(F)F)=CC3)N=C(N)N(C)C2=O)C1. The van der Waals surface area contributed by atoms with Gasteiger partial charge in [0.05, 0.1) is 0 Å². The van der Waals surface area contributed by atoms with Crippen LogP contribution in [0.3, 0.4) is 0 Å². The monoisotopic (exact) mass is 461 g/mol. The highest BCUT2D eigenvalue weighted by Gasteiger charge is 2.56. The van der Waals surface area contributed by atoms with E-state index in [4.69, 9.17) is 15.2 Å². The molecular weight excluding hydrogens is 435 g/mol. The van der Waals surface area contributed by atoms with E-state index in [9.17, 15) is 18.0 Å². The van der Waals surface area contributed by atoms with Crippen molar-refractivity contribution in [3.05, 3.63) is 47.0 Å². The van der Waals surface area contributed by atoms with Crippen LogP contribution in [-0.2, 0) is 14.3 Å². The molecule has 1 saturated carbocycles. The number of guanidine groups is 1. The lowest BCUT2D eigenvalue weighted by Crippen LogP contribution is -2.52. The Morgan fingerprint density at radius 1 is 1.36 bits per heavy atom. The summed E-state index contributed by atoms with van der Waals surface area (Å²) >= 11 is 0. The van der Waals surface area contributed by atoms with Crippen LogP contribution in [0, 0.1) is 29.6 Å². The molecule has 0 bridgehead atoms. The van der Waals surface area contributed by atoms with E-state index in [1.165, 1.54) is 18.1 Å². The van der Waals surface area contributed by atoms with Crippen molar-refractivity contribution in [1.29, 1.82) is 0 Å². The van der Waals surface area contributed by atoms with E-state index >= 15 is 0 Å². The highest BCUT2D eigenvalue weighted by atomic mass is 19.3.